The van der Waals surface area contributed by atoms with Gasteiger partial charge in [0.05, 0.1) is 0 Å². The predicted octanol–water partition coefficient (Wildman–Crippen LogP) is 2.20. The molecule has 0 spiro atoms. The van der Waals surface area contributed by atoms with Crippen molar-refractivity contribution in [3.63, 3.8) is 0 Å². The third-order valence-corrected chi connectivity index (χ3v) is 4.21. The average Bonchev–Trinajstić information content (AvgIpc) is 2.64. The van der Waals surface area contributed by atoms with Gasteiger partial charge >= 0.3 is 0 Å². The maximum Gasteiger partial charge on any atom is 0.121 e. The van der Waals surface area contributed by atoms with E-state index in [1.807, 2.05) is 7.05 Å². The Morgan fingerprint density at radius 1 is 1.47 bits per heavy atom. The van der Waals surface area contributed by atoms with Gasteiger partial charge in [-0.2, -0.15) is 0 Å². The fourth-order valence-corrected chi connectivity index (χ4v) is 3.01. The van der Waals surface area contributed by atoms with Gasteiger partial charge in [0.2, 0.25) is 0 Å². The van der Waals surface area contributed by atoms with Gasteiger partial charge in [0.25, 0.3) is 0 Å². The minimum absolute atomic E-state index is 0.474. The lowest BCUT2D eigenvalue weighted by atomic mass is 10.1. The van der Waals surface area contributed by atoms with Crippen LogP contribution in [0.4, 0.5) is 0 Å². The van der Waals surface area contributed by atoms with Crippen molar-refractivity contribution in [1.82, 2.24) is 15.5 Å². The second-order valence-corrected chi connectivity index (χ2v) is 6.08. The summed E-state index contributed by atoms with van der Waals surface area (Å²) in [5.74, 6) is 0.674. The molecule has 0 radical (unpaired) electrons. The minimum atomic E-state index is 0.474. The Hall–Kier alpha value is -0.480. The molecule has 1 atom stereocenters. The smallest absolute Gasteiger partial charge is 0.121 e. The van der Waals surface area contributed by atoms with Crippen LogP contribution in [-0.4, -0.2) is 23.8 Å². The number of hydrogen-bond acceptors (Lipinski definition) is 4. The van der Waals surface area contributed by atoms with Gasteiger partial charge in [-0.05, 0) is 31.8 Å². The van der Waals surface area contributed by atoms with Crippen LogP contribution in [0.3, 0.4) is 0 Å². The highest BCUT2D eigenvalue weighted by molar-refractivity contribution is 7.11. The highest BCUT2D eigenvalue weighted by Gasteiger charge is 2.48. The van der Waals surface area contributed by atoms with Crippen LogP contribution in [0.2, 0.25) is 0 Å². The first-order valence-corrected chi connectivity index (χ1v) is 6.42. The molecule has 0 amide bonds. The average molecular weight is 225 g/mol. The highest BCUT2D eigenvalue weighted by atomic mass is 32.1. The molecule has 1 fully saturated rings. The number of aromatic nitrogens is 2. The molecule has 1 N–H and O–H groups in total. The molecule has 0 bridgehead atoms. The summed E-state index contributed by atoms with van der Waals surface area (Å²) in [7, 11) is 1.98. The van der Waals surface area contributed by atoms with Crippen LogP contribution < -0.4 is 5.32 Å². The van der Waals surface area contributed by atoms with Crippen LogP contribution in [0.1, 0.15) is 42.6 Å². The Kier molecular flexibility index (Phi) is 3.07. The molecule has 4 heteroatoms. The summed E-state index contributed by atoms with van der Waals surface area (Å²) in [4.78, 5) is 0. The zero-order valence-electron chi connectivity index (χ0n) is 9.71. The molecule has 1 heterocycles. The summed E-state index contributed by atoms with van der Waals surface area (Å²) in [5.41, 5.74) is 0.474. The predicted molar refractivity (Wildman–Crippen MR) is 63.3 cm³/mol. The Morgan fingerprint density at radius 3 is 2.80 bits per heavy atom. The molecule has 0 aromatic carbocycles. The highest BCUT2D eigenvalue weighted by Crippen LogP contribution is 2.58. The molecule has 0 saturated heterocycles. The third kappa shape index (κ3) is 2.55. The van der Waals surface area contributed by atoms with Crippen LogP contribution in [0, 0.1) is 5.41 Å². The molecule has 2 rings (SSSR count). The Bertz CT molecular complexity index is 332. The summed E-state index contributed by atoms with van der Waals surface area (Å²) < 4.78 is 0. The number of hydrogen-bond donors (Lipinski definition) is 1. The van der Waals surface area contributed by atoms with Gasteiger partial charge in [0.15, 0.2) is 0 Å². The molecular formula is C11H19N3S. The lowest BCUT2D eigenvalue weighted by molar-refractivity contribution is 0.618. The second-order valence-electron chi connectivity index (χ2n) is 4.99. The minimum Gasteiger partial charge on any atom is -0.320 e. The van der Waals surface area contributed by atoms with E-state index in [-0.39, 0.29) is 0 Å². The molecule has 1 aliphatic rings. The van der Waals surface area contributed by atoms with Crippen molar-refractivity contribution in [3.8, 4) is 0 Å². The van der Waals surface area contributed by atoms with E-state index < -0.39 is 0 Å². The largest absolute Gasteiger partial charge is 0.320 e. The molecule has 1 saturated carbocycles. The number of nitrogens with one attached hydrogen (secondary N) is 1. The first-order chi connectivity index (χ1) is 7.13. The molecule has 15 heavy (non-hydrogen) atoms. The normalized spacial score (nSPS) is 23.0. The number of aryl methyl sites for hydroxylation is 1. The Labute approximate surface area is 95.3 Å². The zero-order chi connectivity index (χ0) is 10.9. The van der Waals surface area contributed by atoms with Crippen molar-refractivity contribution >= 4 is 11.3 Å². The van der Waals surface area contributed by atoms with Gasteiger partial charge in [0.1, 0.15) is 10.0 Å². The van der Waals surface area contributed by atoms with E-state index >= 15 is 0 Å². The summed E-state index contributed by atoms with van der Waals surface area (Å²) in [5, 5.41) is 14.2. The molecular weight excluding hydrogens is 206 g/mol. The number of nitrogens with zero attached hydrogens (tertiary/aromatic N) is 2. The van der Waals surface area contributed by atoms with Crippen molar-refractivity contribution < 1.29 is 0 Å². The van der Waals surface area contributed by atoms with E-state index in [0.717, 1.165) is 19.4 Å². The Morgan fingerprint density at radius 2 is 2.20 bits per heavy atom. The first-order valence-electron chi connectivity index (χ1n) is 5.60. The summed E-state index contributed by atoms with van der Waals surface area (Å²) in [6.07, 6.45) is 3.49. The van der Waals surface area contributed by atoms with E-state index in [9.17, 15) is 0 Å². The first kappa shape index (κ1) is 11.0. The summed E-state index contributed by atoms with van der Waals surface area (Å²) in [6.45, 7) is 5.67. The van der Waals surface area contributed by atoms with Crippen molar-refractivity contribution in [2.45, 2.75) is 39.0 Å². The fraction of sp³-hybridized carbons (Fsp3) is 0.818. The van der Waals surface area contributed by atoms with E-state index in [1.165, 1.54) is 16.4 Å². The van der Waals surface area contributed by atoms with E-state index in [0.29, 0.717) is 11.3 Å². The van der Waals surface area contributed by atoms with Gasteiger partial charge in [-0.15, -0.1) is 21.5 Å². The van der Waals surface area contributed by atoms with E-state index in [4.69, 9.17) is 0 Å². The monoisotopic (exact) mass is 225 g/mol. The van der Waals surface area contributed by atoms with Crippen LogP contribution in [0.15, 0.2) is 0 Å². The van der Waals surface area contributed by atoms with Gasteiger partial charge in [-0.1, -0.05) is 13.8 Å². The van der Waals surface area contributed by atoms with Gasteiger partial charge in [-0.25, -0.2) is 0 Å². The topological polar surface area (TPSA) is 37.8 Å². The van der Waals surface area contributed by atoms with Crippen LogP contribution >= 0.6 is 11.3 Å². The molecule has 0 aliphatic heterocycles. The lowest BCUT2D eigenvalue weighted by Gasteiger charge is -1.97. The standard InChI is InChI=1S/C11H19N3S/c1-11(2)7-8(11)10-14-13-9(15-10)5-4-6-12-3/h8,12H,4-7H2,1-3H3. The molecule has 84 valence electrons. The molecule has 1 aromatic heterocycles. The van der Waals surface area contributed by atoms with Crippen LogP contribution in [0.25, 0.3) is 0 Å². The molecule has 1 aliphatic carbocycles. The molecule has 1 unspecified atom stereocenters. The van der Waals surface area contributed by atoms with Crippen molar-refractivity contribution in [2.24, 2.45) is 5.41 Å². The maximum absolute atomic E-state index is 4.30. The van der Waals surface area contributed by atoms with Crippen LogP contribution in [-0.2, 0) is 6.42 Å². The van der Waals surface area contributed by atoms with Gasteiger partial charge < -0.3 is 5.32 Å². The van der Waals surface area contributed by atoms with E-state index in [2.05, 4.69) is 29.4 Å². The third-order valence-electron chi connectivity index (χ3n) is 3.11. The summed E-state index contributed by atoms with van der Waals surface area (Å²) >= 11 is 1.81. The lowest BCUT2D eigenvalue weighted by Crippen LogP contribution is -2.08. The van der Waals surface area contributed by atoms with E-state index in [1.54, 1.807) is 11.3 Å². The van der Waals surface area contributed by atoms with Crippen molar-refractivity contribution in [2.75, 3.05) is 13.6 Å². The molecule has 1 aromatic rings. The van der Waals surface area contributed by atoms with Gasteiger partial charge in [0, 0.05) is 12.3 Å². The second kappa shape index (κ2) is 4.18. The van der Waals surface area contributed by atoms with Gasteiger partial charge in [-0.3, -0.25) is 0 Å². The maximum atomic E-state index is 4.30. The zero-order valence-corrected chi connectivity index (χ0v) is 10.5. The van der Waals surface area contributed by atoms with Crippen molar-refractivity contribution in [3.05, 3.63) is 10.0 Å². The number of rotatable bonds is 5. The SMILES string of the molecule is CNCCCc1nnc(C2CC2(C)C)s1. The van der Waals surface area contributed by atoms with Crippen molar-refractivity contribution in [1.29, 1.82) is 0 Å². The van der Waals surface area contributed by atoms with Crippen LogP contribution in [0.5, 0.6) is 0 Å². The summed E-state index contributed by atoms with van der Waals surface area (Å²) in [6, 6.07) is 0. The fourth-order valence-electron chi connectivity index (χ4n) is 1.81. The Balaban J connectivity index is 1.88. The quantitative estimate of drug-likeness (QED) is 0.781. The molecule has 3 nitrogen and oxygen atoms in total.